The summed E-state index contributed by atoms with van der Waals surface area (Å²) in [7, 11) is 0. The summed E-state index contributed by atoms with van der Waals surface area (Å²) < 4.78 is 84.1. The van der Waals surface area contributed by atoms with E-state index >= 15 is 0 Å². The predicted octanol–water partition coefficient (Wildman–Crippen LogP) is 4.51. The molecule has 1 aromatic rings. The van der Waals surface area contributed by atoms with Crippen LogP contribution in [0.5, 0.6) is 11.5 Å². The number of ether oxygens (including phenoxy) is 2. The van der Waals surface area contributed by atoms with Gasteiger partial charge < -0.3 is 9.47 Å². The Labute approximate surface area is 126 Å². The van der Waals surface area contributed by atoms with Crippen LogP contribution in [-0.4, -0.2) is 24.4 Å². The first-order valence-corrected chi connectivity index (χ1v) is 6.25. The number of Topliss-reactive ketones (excluding diaryl/α,β-unsaturated/α-hetero) is 1. The molecule has 3 nitrogen and oxygen atoms in total. The molecule has 126 valence electrons. The van der Waals surface area contributed by atoms with Crippen LogP contribution >= 0.6 is 0 Å². The van der Waals surface area contributed by atoms with Gasteiger partial charge in [-0.25, -0.2) is 0 Å². The lowest BCUT2D eigenvalue weighted by molar-refractivity contribution is -0.274. The molecule has 1 aliphatic heterocycles. The third-order valence-electron chi connectivity index (χ3n) is 3.03. The van der Waals surface area contributed by atoms with Gasteiger partial charge >= 0.3 is 12.5 Å². The molecule has 9 heteroatoms. The smallest absolute Gasteiger partial charge is 0.475 e. The number of halogens is 6. The Kier molecular flexibility index (Phi) is 4.08. The van der Waals surface area contributed by atoms with Crippen molar-refractivity contribution < 1.29 is 40.6 Å². The van der Waals surface area contributed by atoms with Crippen molar-refractivity contribution in [2.75, 3.05) is 0 Å². The van der Waals surface area contributed by atoms with Gasteiger partial charge in [-0.1, -0.05) is 0 Å². The SMILES string of the molecule is CC(=O)c1cc(OC(F)(F)F)cc2c1OC(C(F)(F)F)C(C)=C2. The topological polar surface area (TPSA) is 35.5 Å². The van der Waals surface area contributed by atoms with Crippen LogP contribution in [0.3, 0.4) is 0 Å². The van der Waals surface area contributed by atoms with Gasteiger partial charge in [0.2, 0.25) is 6.10 Å². The molecule has 0 aromatic heterocycles. The maximum atomic E-state index is 12.9. The van der Waals surface area contributed by atoms with Gasteiger partial charge in [0.05, 0.1) is 5.56 Å². The molecule has 0 aliphatic carbocycles. The molecule has 1 aromatic carbocycles. The van der Waals surface area contributed by atoms with E-state index in [-0.39, 0.29) is 11.1 Å². The molecule has 1 unspecified atom stereocenters. The molecule has 23 heavy (non-hydrogen) atoms. The van der Waals surface area contributed by atoms with Gasteiger partial charge in [0.1, 0.15) is 11.5 Å². The molecular weight excluding hydrogens is 330 g/mol. The van der Waals surface area contributed by atoms with E-state index < -0.39 is 41.5 Å². The molecule has 0 N–H and O–H groups in total. The average molecular weight is 340 g/mol. The van der Waals surface area contributed by atoms with E-state index in [1.165, 1.54) is 0 Å². The second-order valence-electron chi connectivity index (χ2n) is 4.92. The van der Waals surface area contributed by atoms with Crippen LogP contribution < -0.4 is 9.47 Å². The van der Waals surface area contributed by atoms with Crippen molar-refractivity contribution in [1.82, 2.24) is 0 Å². The molecule has 0 saturated heterocycles. The Morgan fingerprint density at radius 1 is 1.17 bits per heavy atom. The first kappa shape index (κ1) is 17.2. The largest absolute Gasteiger partial charge is 0.573 e. The van der Waals surface area contributed by atoms with E-state index in [4.69, 9.17) is 4.74 Å². The van der Waals surface area contributed by atoms with Crippen molar-refractivity contribution >= 4 is 11.9 Å². The summed E-state index contributed by atoms with van der Waals surface area (Å²) in [6.45, 7) is 2.13. The van der Waals surface area contributed by atoms with Crippen molar-refractivity contribution in [3.8, 4) is 11.5 Å². The molecule has 0 spiro atoms. The van der Waals surface area contributed by atoms with Crippen LogP contribution in [0.2, 0.25) is 0 Å². The molecule has 0 radical (unpaired) electrons. The number of fused-ring (bicyclic) bond motifs is 1. The summed E-state index contributed by atoms with van der Waals surface area (Å²) >= 11 is 0. The maximum absolute atomic E-state index is 12.9. The third-order valence-corrected chi connectivity index (χ3v) is 3.03. The fourth-order valence-electron chi connectivity index (χ4n) is 2.17. The number of ketones is 1. The molecule has 1 aliphatic rings. The summed E-state index contributed by atoms with van der Waals surface area (Å²) in [6, 6.07) is 1.57. The lowest BCUT2D eigenvalue weighted by atomic mass is 9.98. The molecule has 0 saturated carbocycles. The molecule has 0 amide bonds. The van der Waals surface area contributed by atoms with E-state index in [1.807, 2.05) is 0 Å². The molecule has 2 rings (SSSR count). The van der Waals surface area contributed by atoms with Crippen LogP contribution in [0.1, 0.15) is 29.8 Å². The zero-order chi connectivity index (χ0) is 17.6. The van der Waals surface area contributed by atoms with Gasteiger partial charge in [-0.3, -0.25) is 4.79 Å². The highest BCUT2D eigenvalue weighted by atomic mass is 19.4. The van der Waals surface area contributed by atoms with Gasteiger partial charge in [-0.05, 0) is 37.6 Å². The minimum atomic E-state index is -4.99. The quantitative estimate of drug-likeness (QED) is 0.587. The Bertz CT molecular complexity index is 672. The highest BCUT2D eigenvalue weighted by Crippen LogP contribution is 2.41. The highest BCUT2D eigenvalue weighted by Gasteiger charge is 2.45. The standard InChI is InChI=1S/C14H10F6O3/c1-6-3-8-4-9(23-14(18,19)20)5-10(7(2)21)11(8)22-12(6)13(15,16)17/h3-5,12H,1-2H3. The first-order chi connectivity index (χ1) is 10.4. The second kappa shape index (κ2) is 5.47. The monoisotopic (exact) mass is 340 g/mol. The normalized spacial score (nSPS) is 17.9. The Hall–Kier alpha value is -2.19. The highest BCUT2D eigenvalue weighted by molar-refractivity contribution is 5.99. The molecule has 1 heterocycles. The number of hydrogen-bond donors (Lipinski definition) is 0. The first-order valence-electron chi connectivity index (χ1n) is 6.25. The van der Waals surface area contributed by atoms with Gasteiger partial charge in [0, 0.05) is 5.56 Å². The van der Waals surface area contributed by atoms with Crippen LogP contribution in [-0.2, 0) is 0 Å². The minimum Gasteiger partial charge on any atom is -0.475 e. The maximum Gasteiger partial charge on any atom is 0.573 e. The molecule has 1 atom stereocenters. The van der Waals surface area contributed by atoms with Crippen LogP contribution in [0.4, 0.5) is 26.3 Å². The van der Waals surface area contributed by atoms with Crippen molar-refractivity contribution in [1.29, 1.82) is 0 Å². The Morgan fingerprint density at radius 3 is 2.26 bits per heavy atom. The van der Waals surface area contributed by atoms with Gasteiger partial charge in [0.15, 0.2) is 5.78 Å². The lowest BCUT2D eigenvalue weighted by Crippen LogP contribution is -2.37. The third kappa shape index (κ3) is 3.77. The van der Waals surface area contributed by atoms with Crippen molar-refractivity contribution in [2.45, 2.75) is 32.5 Å². The van der Waals surface area contributed by atoms with Crippen LogP contribution in [0.25, 0.3) is 6.08 Å². The zero-order valence-corrected chi connectivity index (χ0v) is 11.8. The van der Waals surface area contributed by atoms with Crippen LogP contribution in [0.15, 0.2) is 17.7 Å². The van der Waals surface area contributed by atoms with Gasteiger partial charge in [0.25, 0.3) is 0 Å². The molecule has 0 bridgehead atoms. The fraction of sp³-hybridized carbons (Fsp3) is 0.357. The summed E-state index contributed by atoms with van der Waals surface area (Å²) in [4.78, 5) is 11.6. The lowest BCUT2D eigenvalue weighted by Gasteiger charge is -2.28. The van der Waals surface area contributed by atoms with Crippen molar-refractivity contribution in [3.63, 3.8) is 0 Å². The van der Waals surface area contributed by atoms with Gasteiger partial charge in [-0.15, -0.1) is 13.2 Å². The van der Waals surface area contributed by atoms with E-state index in [0.29, 0.717) is 6.07 Å². The second-order valence-corrected chi connectivity index (χ2v) is 4.92. The number of hydrogen-bond acceptors (Lipinski definition) is 3. The fourth-order valence-corrected chi connectivity index (χ4v) is 2.17. The molecule has 0 fully saturated rings. The van der Waals surface area contributed by atoms with E-state index in [0.717, 1.165) is 26.0 Å². The summed E-state index contributed by atoms with van der Waals surface area (Å²) in [6.07, 6.45) is -11.0. The summed E-state index contributed by atoms with van der Waals surface area (Å²) in [5.41, 5.74) is -0.752. The van der Waals surface area contributed by atoms with E-state index in [1.54, 1.807) is 0 Å². The Balaban J connectivity index is 2.56. The number of alkyl halides is 6. The number of benzene rings is 1. The van der Waals surface area contributed by atoms with Crippen molar-refractivity contribution in [3.05, 3.63) is 28.8 Å². The summed E-state index contributed by atoms with van der Waals surface area (Å²) in [5, 5.41) is 0. The Morgan fingerprint density at radius 2 is 1.78 bits per heavy atom. The van der Waals surface area contributed by atoms with E-state index in [2.05, 4.69) is 4.74 Å². The number of carbonyl (C=O) groups is 1. The number of rotatable bonds is 2. The zero-order valence-electron chi connectivity index (χ0n) is 11.8. The van der Waals surface area contributed by atoms with Crippen molar-refractivity contribution in [2.24, 2.45) is 0 Å². The molecular formula is C14H10F6O3. The average Bonchev–Trinajstić information content (AvgIpc) is 2.33. The minimum absolute atomic E-state index is 0.0880. The van der Waals surface area contributed by atoms with Gasteiger partial charge in [-0.2, -0.15) is 13.2 Å². The van der Waals surface area contributed by atoms with E-state index in [9.17, 15) is 31.1 Å². The van der Waals surface area contributed by atoms with Crippen LogP contribution in [0, 0.1) is 0 Å². The summed E-state index contributed by atoms with van der Waals surface area (Å²) in [5.74, 6) is -1.87. The predicted molar refractivity (Wildman–Crippen MR) is 67.3 cm³/mol. The number of carbonyl (C=O) groups excluding carboxylic acids is 1.